The first-order valence-electron chi connectivity index (χ1n) is 5.59. The zero-order valence-corrected chi connectivity index (χ0v) is 8.63. The summed E-state index contributed by atoms with van der Waals surface area (Å²) in [7, 11) is 2.10. The van der Waals surface area contributed by atoms with Gasteiger partial charge >= 0.3 is 0 Å². The van der Waals surface area contributed by atoms with Crippen LogP contribution in [0.1, 0.15) is 38.5 Å². The Morgan fingerprint density at radius 1 is 1.38 bits per heavy atom. The summed E-state index contributed by atoms with van der Waals surface area (Å²) in [5, 5.41) is 10.3. The van der Waals surface area contributed by atoms with E-state index in [1.165, 1.54) is 25.7 Å². The maximum absolute atomic E-state index is 10.3. The lowest BCUT2D eigenvalue weighted by Crippen LogP contribution is -2.33. The van der Waals surface area contributed by atoms with Crippen molar-refractivity contribution in [3.05, 3.63) is 0 Å². The first-order chi connectivity index (χ1) is 6.18. The van der Waals surface area contributed by atoms with Crippen molar-refractivity contribution in [3.8, 4) is 0 Å². The zero-order valence-electron chi connectivity index (χ0n) is 8.63. The van der Waals surface area contributed by atoms with E-state index in [4.69, 9.17) is 0 Å². The summed E-state index contributed by atoms with van der Waals surface area (Å²) in [4.78, 5) is 2.24. The van der Waals surface area contributed by atoms with E-state index in [1.54, 1.807) is 0 Å². The van der Waals surface area contributed by atoms with Gasteiger partial charge in [0.05, 0.1) is 5.60 Å². The van der Waals surface area contributed by atoms with E-state index in [-0.39, 0.29) is 5.60 Å². The van der Waals surface area contributed by atoms with Crippen LogP contribution in [0.4, 0.5) is 0 Å². The van der Waals surface area contributed by atoms with Crippen LogP contribution in [0.5, 0.6) is 0 Å². The van der Waals surface area contributed by atoms with Gasteiger partial charge in [-0.15, -0.1) is 0 Å². The number of β-amino-alcohol motifs (C(OH)–C–C–N with tert-alkyl or cyclic N) is 1. The second-order valence-electron chi connectivity index (χ2n) is 5.07. The second-order valence-corrected chi connectivity index (χ2v) is 5.07. The third kappa shape index (κ3) is 2.23. The molecule has 0 bridgehead atoms. The van der Waals surface area contributed by atoms with Crippen molar-refractivity contribution in [2.75, 3.05) is 20.1 Å². The Hall–Kier alpha value is -0.0800. The van der Waals surface area contributed by atoms with E-state index in [2.05, 4.69) is 11.9 Å². The van der Waals surface area contributed by atoms with Gasteiger partial charge in [-0.05, 0) is 25.8 Å². The summed E-state index contributed by atoms with van der Waals surface area (Å²) in [6, 6.07) is 0. The van der Waals surface area contributed by atoms with Crippen LogP contribution < -0.4 is 0 Å². The van der Waals surface area contributed by atoms with E-state index < -0.39 is 0 Å². The van der Waals surface area contributed by atoms with Gasteiger partial charge in [0.2, 0.25) is 0 Å². The van der Waals surface area contributed by atoms with Gasteiger partial charge in [-0.1, -0.05) is 25.7 Å². The minimum Gasteiger partial charge on any atom is -0.388 e. The van der Waals surface area contributed by atoms with E-state index in [0.717, 1.165) is 31.8 Å². The standard InChI is InChI=1S/C11H21NO/c1-12-7-6-11(13,9-12)8-10-4-2-3-5-10/h10,13H,2-9H2,1H3. The molecular formula is C11H21NO. The molecular weight excluding hydrogens is 162 g/mol. The lowest BCUT2D eigenvalue weighted by atomic mass is 9.89. The molecule has 1 unspecified atom stereocenters. The number of hydrogen-bond donors (Lipinski definition) is 1. The van der Waals surface area contributed by atoms with E-state index in [9.17, 15) is 5.11 Å². The average Bonchev–Trinajstić information content (AvgIpc) is 2.62. The Morgan fingerprint density at radius 3 is 2.62 bits per heavy atom. The van der Waals surface area contributed by atoms with E-state index in [0.29, 0.717) is 0 Å². The highest BCUT2D eigenvalue weighted by molar-refractivity contribution is 4.91. The van der Waals surface area contributed by atoms with E-state index >= 15 is 0 Å². The van der Waals surface area contributed by atoms with Gasteiger partial charge in [0, 0.05) is 13.1 Å². The summed E-state index contributed by atoms with van der Waals surface area (Å²) >= 11 is 0. The monoisotopic (exact) mass is 183 g/mol. The molecule has 2 rings (SSSR count). The lowest BCUT2D eigenvalue weighted by molar-refractivity contribution is 0.0274. The quantitative estimate of drug-likeness (QED) is 0.703. The van der Waals surface area contributed by atoms with Gasteiger partial charge < -0.3 is 10.0 Å². The molecule has 0 aromatic heterocycles. The number of rotatable bonds is 2. The maximum atomic E-state index is 10.3. The highest BCUT2D eigenvalue weighted by Crippen LogP contribution is 2.35. The number of aliphatic hydroxyl groups is 1. The summed E-state index contributed by atoms with van der Waals surface area (Å²) in [5.74, 6) is 0.816. The Labute approximate surface area is 80.9 Å². The van der Waals surface area contributed by atoms with Crippen LogP contribution in [0, 0.1) is 5.92 Å². The van der Waals surface area contributed by atoms with Crippen LogP contribution in [0.25, 0.3) is 0 Å². The molecule has 2 aliphatic rings. The van der Waals surface area contributed by atoms with Crippen molar-refractivity contribution >= 4 is 0 Å². The van der Waals surface area contributed by atoms with E-state index in [1.807, 2.05) is 0 Å². The molecule has 1 atom stereocenters. The molecule has 1 saturated heterocycles. The molecule has 0 spiro atoms. The molecule has 1 heterocycles. The Bertz CT molecular complexity index is 177. The number of hydrogen-bond acceptors (Lipinski definition) is 2. The Balaban J connectivity index is 1.85. The van der Waals surface area contributed by atoms with Crippen molar-refractivity contribution < 1.29 is 5.11 Å². The summed E-state index contributed by atoms with van der Waals surface area (Å²) in [6.45, 7) is 1.96. The third-order valence-electron chi connectivity index (χ3n) is 3.67. The SMILES string of the molecule is CN1CCC(O)(CC2CCCC2)C1. The molecule has 0 radical (unpaired) electrons. The Morgan fingerprint density at radius 2 is 2.08 bits per heavy atom. The molecule has 13 heavy (non-hydrogen) atoms. The summed E-state index contributed by atoms with van der Waals surface area (Å²) in [5.41, 5.74) is -0.343. The van der Waals surface area contributed by atoms with Gasteiger partial charge in [0.1, 0.15) is 0 Å². The van der Waals surface area contributed by atoms with Crippen molar-refractivity contribution in [3.63, 3.8) is 0 Å². The fraction of sp³-hybridized carbons (Fsp3) is 1.00. The van der Waals surface area contributed by atoms with Gasteiger partial charge in [0.25, 0.3) is 0 Å². The molecule has 1 N–H and O–H groups in total. The minimum atomic E-state index is -0.343. The average molecular weight is 183 g/mol. The normalized spacial score (nSPS) is 37.4. The molecule has 1 saturated carbocycles. The summed E-state index contributed by atoms with van der Waals surface area (Å²) in [6.07, 6.45) is 7.52. The molecule has 2 fully saturated rings. The van der Waals surface area contributed by atoms with Crippen LogP contribution in [-0.2, 0) is 0 Å². The van der Waals surface area contributed by atoms with Crippen LogP contribution in [0.2, 0.25) is 0 Å². The molecule has 76 valence electrons. The van der Waals surface area contributed by atoms with Crippen molar-refractivity contribution in [2.45, 2.75) is 44.1 Å². The molecule has 0 amide bonds. The van der Waals surface area contributed by atoms with Crippen LogP contribution in [0.3, 0.4) is 0 Å². The fourth-order valence-electron chi connectivity index (χ4n) is 2.98. The first kappa shape index (κ1) is 9.47. The molecule has 0 aromatic carbocycles. The third-order valence-corrected chi connectivity index (χ3v) is 3.67. The predicted molar refractivity (Wildman–Crippen MR) is 53.6 cm³/mol. The summed E-state index contributed by atoms with van der Waals surface area (Å²) < 4.78 is 0. The molecule has 1 aliphatic carbocycles. The Kier molecular flexibility index (Phi) is 2.61. The van der Waals surface area contributed by atoms with Gasteiger partial charge in [0.15, 0.2) is 0 Å². The first-order valence-corrected chi connectivity index (χ1v) is 5.59. The molecule has 0 aromatic rings. The van der Waals surface area contributed by atoms with Crippen molar-refractivity contribution in [2.24, 2.45) is 5.92 Å². The fourth-order valence-corrected chi connectivity index (χ4v) is 2.98. The van der Waals surface area contributed by atoms with Crippen molar-refractivity contribution in [1.29, 1.82) is 0 Å². The highest BCUT2D eigenvalue weighted by atomic mass is 16.3. The van der Waals surface area contributed by atoms with Crippen LogP contribution >= 0.6 is 0 Å². The molecule has 1 aliphatic heterocycles. The van der Waals surface area contributed by atoms with Crippen molar-refractivity contribution in [1.82, 2.24) is 4.90 Å². The maximum Gasteiger partial charge on any atom is 0.0788 e. The van der Waals surface area contributed by atoms with Gasteiger partial charge in [-0.25, -0.2) is 0 Å². The lowest BCUT2D eigenvalue weighted by Gasteiger charge is -2.25. The van der Waals surface area contributed by atoms with Gasteiger partial charge in [-0.3, -0.25) is 0 Å². The number of likely N-dealkylation sites (N-methyl/N-ethyl adjacent to an activating group) is 1. The number of nitrogens with zero attached hydrogens (tertiary/aromatic N) is 1. The molecule has 2 heteroatoms. The van der Waals surface area contributed by atoms with Crippen LogP contribution in [-0.4, -0.2) is 35.7 Å². The largest absolute Gasteiger partial charge is 0.388 e. The topological polar surface area (TPSA) is 23.5 Å². The smallest absolute Gasteiger partial charge is 0.0788 e. The zero-order chi connectivity index (χ0) is 9.31. The predicted octanol–water partition coefficient (Wildman–Crippen LogP) is 1.63. The minimum absolute atomic E-state index is 0.343. The molecule has 2 nitrogen and oxygen atoms in total. The highest BCUT2D eigenvalue weighted by Gasteiger charge is 2.36. The van der Waals surface area contributed by atoms with Gasteiger partial charge in [-0.2, -0.15) is 0 Å². The number of likely N-dealkylation sites (tertiary alicyclic amines) is 1. The van der Waals surface area contributed by atoms with Crippen LogP contribution in [0.15, 0.2) is 0 Å². The second kappa shape index (κ2) is 3.58.